The van der Waals surface area contributed by atoms with Gasteiger partial charge in [-0.1, -0.05) is 13.0 Å². The molecule has 2 heterocycles. The number of sulfonamides is 1. The molecule has 0 bridgehead atoms. The van der Waals surface area contributed by atoms with Crippen LogP contribution in [-0.4, -0.2) is 15.0 Å². The SMILES string of the molecule is CCCNCc1sccc1S(=O)(=O)NC(C)c1cccs1. The van der Waals surface area contributed by atoms with E-state index in [1.54, 1.807) is 17.4 Å². The van der Waals surface area contributed by atoms with Crippen LogP contribution in [0.3, 0.4) is 0 Å². The van der Waals surface area contributed by atoms with Crippen LogP contribution in [0.5, 0.6) is 0 Å². The van der Waals surface area contributed by atoms with Gasteiger partial charge in [0.05, 0.1) is 10.9 Å². The topological polar surface area (TPSA) is 58.2 Å². The number of thiophene rings is 2. The molecule has 0 aliphatic carbocycles. The van der Waals surface area contributed by atoms with E-state index in [1.165, 1.54) is 11.3 Å². The molecule has 0 saturated heterocycles. The van der Waals surface area contributed by atoms with Crippen LogP contribution >= 0.6 is 22.7 Å². The van der Waals surface area contributed by atoms with Crippen LogP contribution in [-0.2, 0) is 16.6 Å². The molecule has 0 amide bonds. The van der Waals surface area contributed by atoms with Crippen molar-refractivity contribution >= 4 is 32.7 Å². The van der Waals surface area contributed by atoms with Crippen LogP contribution in [0.15, 0.2) is 33.9 Å². The molecule has 116 valence electrons. The Bertz CT molecular complexity index is 648. The zero-order valence-corrected chi connectivity index (χ0v) is 14.6. The van der Waals surface area contributed by atoms with E-state index in [4.69, 9.17) is 0 Å². The fraction of sp³-hybridized carbons (Fsp3) is 0.429. The van der Waals surface area contributed by atoms with Crippen LogP contribution in [0, 0.1) is 0 Å². The van der Waals surface area contributed by atoms with E-state index < -0.39 is 10.0 Å². The zero-order chi connectivity index (χ0) is 15.3. The van der Waals surface area contributed by atoms with Gasteiger partial charge in [-0.3, -0.25) is 0 Å². The normalized spacial score (nSPS) is 13.4. The molecular formula is C14H20N2O2S3. The Morgan fingerprint density at radius 1 is 1.24 bits per heavy atom. The molecule has 0 spiro atoms. The Morgan fingerprint density at radius 3 is 2.71 bits per heavy atom. The second-order valence-corrected chi connectivity index (χ2v) is 8.41. The first-order valence-corrected chi connectivity index (χ1v) is 10.1. The Kier molecular flexibility index (Phi) is 5.95. The van der Waals surface area contributed by atoms with Gasteiger partial charge in [-0.25, -0.2) is 13.1 Å². The third kappa shape index (κ3) is 4.37. The standard InChI is InChI=1S/C14H20N2O2S3/c1-3-7-15-10-13-14(6-9-20-13)21(17,18)16-11(2)12-5-4-8-19-12/h4-6,8-9,11,15-16H,3,7,10H2,1-2H3. The van der Waals surface area contributed by atoms with Gasteiger partial charge >= 0.3 is 0 Å². The number of nitrogens with one attached hydrogen (secondary N) is 2. The minimum atomic E-state index is -3.48. The van der Waals surface area contributed by atoms with E-state index in [1.807, 2.05) is 29.8 Å². The summed E-state index contributed by atoms with van der Waals surface area (Å²) in [6, 6.07) is 5.33. The van der Waals surface area contributed by atoms with Gasteiger partial charge in [0.15, 0.2) is 0 Å². The first kappa shape index (κ1) is 16.6. The summed E-state index contributed by atoms with van der Waals surface area (Å²) in [5.74, 6) is 0. The quantitative estimate of drug-likeness (QED) is 0.722. The lowest BCUT2D eigenvalue weighted by atomic mass is 10.3. The Labute approximate surface area is 134 Å². The second-order valence-electron chi connectivity index (χ2n) is 4.74. The summed E-state index contributed by atoms with van der Waals surface area (Å²) >= 11 is 3.03. The van der Waals surface area contributed by atoms with Gasteiger partial charge in [0, 0.05) is 16.3 Å². The van der Waals surface area contributed by atoms with E-state index >= 15 is 0 Å². The van der Waals surface area contributed by atoms with Crippen molar-refractivity contribution < 1.29 is 8.42 Å². The van der Waals surface area contributed by atoms with Gasteiger partial charge in [0.25, 0.3) is 0 Å². The molecule has 7 heteroatoms. The van der Waals surface area contributed by atoms with E-state index in [2.05, 4.69) is 17.0 Å². The molecule has 2 N–H and O–H groups in total. The molecule has 21 heavy (non-hydrogen) atoms. The lowest BCUT2D eigenvalue weighted by Crippen LogP contribution is -2.27. The molecule has 1 atom stereocenters. The van der Waals surface area contributed by atoms with Crippen molar-refractivity contribution in [3.63, 3.8) is 0 Å². The summed E-state index contributed by atoms with van der Waals surface area (Å²) in [6.07, 6.45) is 1.03. The van der Waals surface area contributed by atoms with Crippen molar-refractivity contribution in [3.05, 3.63) is 38.7 Å². The maximum absolute atomic E-state index is 12.5. The number of hydrogen-bond donors (Lipinski definition) is 2. The van der Waals surface area contributed by atoms with E-state index in [0.29, 0.717) is 11.4 Å². The summed E-state index contributed by atoms with van der Waals surface area (Å²) in [5.41, 5.74) is 0. The first-order valence-electron chi connectivity index (χ1n) is 6.87. The minimum absolute atomic E-state index is 0.216. The smallest absolute Gasteiger partial charge is 0.242 e. The van der Waals surface area contributed by atoms with Crippen molar-refractivity contribution in [2.24, 2.45) is 0 Å². The van der Waals surface area contributed by atoms with Gasteiger partial charge in [0.1, 0.15) is 0 Å². The molecule has 2 aromatic rings. The highest BCUT2D eigenvalue weighted by Gasteiger charge is 2.22. The van der Waals surface area contributed by atoms with E-state index in [9.17, 15) is 8.42 Å². The molecule has 2 rings (SSSR count). The lowest BCUT2D eigenvalue weighted by molar-refractivity contribution is 0.566. The molecule has 0 fully saturated rings. The number of hydrogen-bond acceptors (Lipinski definition) is 5. The summed E-state index contributed by atoms with van der Waals surface area (Å²) in [5, 5.41) is 7.03. The highest BCUT2D eigenvalue weighted by Crippen LogP contribution is 2.25. The Morgan fingerprint density at radius 2 is 2.05 bits per heavy atom. The highest BCUT2D eigenvalue weighted by molar-refractivity contribution is 7.89. The summed E-state index contributed by atoms with van der Waals surface area (Å²) < 4.78 is 27.8. The van der Waals surface area contributed by atoms with Crippen molar-refractivity contribution in [1.82, 2.24) is 10.0 Å². The van der Waals surface area contributed by atoms with Crippen molar-refractivity contribution in [1.29, 1.82) is 0 Å². The third-order valence-electron chi connectivity index (χ3n) is 3.01. The second kappa shape index (κ2) is 7.51. The average molecular weight is 345 g/mol. The maximum atomic E-state index is 12.5. The average Bonchev–Trinajstić information content (AvgIpc) is 3.10. The predicted molar refractivity (Wildman–Crippen MR) is 89.4 cm³/mol. The van der Waals surface area contributed by atoms with Crippen molar-refractivity contribution in [2.75, 3.05) is 6.54 Å². The first-order chi connectivity index (χ1) is 10.0. The van der Waals surface area contributed by atoms with Gasteiger partial charge in [-0.15, -0.1) is 22.7 Å². The summed E-state index contributed by atoms with van der Waals surface area (Å²) in [7, 11) is -3.48. The zero-order valence-electron chi connectivity index (χ0n) is 12.1. The van der Waals surface area contributed by atoms with Gasteiger partial charge < -0.3 is 5.32 Å². The monoisotopic (exact) mass is 344 g/mol. The lowest BCUT2D eigenvalue weighted by Gasteiger charge is -2.13. The molecule has 0 aliphatic rings. The maximum Gasteiger partial charge on any atom is 0.242 e. The van der Waals surface area contributed by atoms with Gasteiger partial charge in [-0.2, -0.15) is 0 Å². The number of rotatable bonds is 8. The van der Waals surface area contributed by atoms with Crippen molar-refractivity contribution in [3.8, 4) is 0 Å². The molecule has 0 aromatic carbocycles. The van der Waals surface area contributed by atoms with Crippen molar-refractivity contribution in [2.45, 2.75) is 37.8 Å². The van der Waals surface area contributed by atoms with Crippen LogP contribution in [0.1, 0.15) is 36.1 Å². The Hall–Kier alpha value is -0.730. The molecular weight excluding hydrogens is 324 g/mol. The fourth-order valence-corrected chi connectivity index (χ4v) is 5.41. The van der Waals surface area contributed by atoms with Crippen LogP contribution in [0.2, 0.25) is 0 Å². The molecule has 4 nitrogen and oxygen atoms in total. The Balaban J connectivity index is 2.11. The van der Waals surface area contributed by atoms with E-state index in [0.717, 1.165) is 22.7 Å². The molecule has 2 aromatic heterocycles. The van der Waals surface area contributed by atoms with Gasteiger partial charge in [-0.05, 0) is 42.8 Å². The molecule has 0 radical (unpaired) electrons. The fourth-order valence-electron chi connectivity index (χ4n) is 1.97. The van der Waals surface area contributed by atoms with E-state index in [-0.39, 0.29) is 6.04 Å². The largest absolute Gasteiger partial charge is 0.312 e. The predicted octanol–water partition coefficient (Wildman–Crippen LogP) is 3.35. The van der Waals surface area contributed by atoms with Crippen LogP contribution in [0.25, 0.3) is 0 Å². The van der Waals surface area contributed by atoms with Gasteiger partial charge in [0.2, 0.25) is 10.0 Å². The van der Waals surface area contributed by atoms with Crippen LogP contribution < -0.4 is 10.0 Å². The highest BCUT2D eigenvalue weighted by atomic mass is 32.2. The summed E-state index contributed by atoms with van der Waals surface area (Å²) in [4.78, 5) is 2.26. The minimum Gasteiger partial charge on any atom is -0.312 e. The molecule has 0 aliphatic heterocycles. The molecule has 1 unspecified atom stereocenters. The summed E-state index contributed by atoms with van der Waals surface area (Å²) in [6.45, 7) is 5.43. The van der Waals surface area contributed by atoms with Crippen LogP contribution in [0.4, 0.5) is 0 Å². The molecule has 0 saturated carbocycles. The third-order valence-corrected chi connectivity index (χ3v) is 6.74.